The molecule has 0 saturated carbocycles. The Labute approximate surface area is 180 Å². The Morgan fingerprint density at radius 1 is 0.967 bits per heavy atom. The van der Waals surface area contributed by atoms with E-state index in [9.17, 15) is 9.59 Å². The van der Waals surface area contributed by atoms with Crippen LogP contribution in [-0.2, 0) is 4.79 Å². The molecule has 2 aromatic carbocycles. The summed E-state index contributed by atoms with van der Waals surface area (Å²) in [5.74, 6) is 0.487. The first-order chi connectivity index (χ1) is 14.5. The molecule has 0 aliphatic heterocycles. The second kappa shape index (κ2) is 10.5. The Morgan fingerprint density at radius 2 is 1.63 bits per heavy atom. The molecule has 0 aliphatic carbocycles. The summed E-state index contributed by atoms with van der Waals surface area (Å²) in [5, 5.41) is 5.56. The van der Waals surface area contributed by atoms with Gasteiger partial charge in [-0.1, -0.05) is 35.4 Å². The number of aryl methyl sites for hydroxylation is 2. The van der Waals surface area contributed by atoms with Crippen molar-refractivity contribution in [3.8, 4) is 0 Å². The van der Waals surface area contributed by atoms with Gasteiger partial charge in [0.25, 0.3) is 11.8 Å². The smallest absolute Gasteiger partial charge is 0.267 e. The third-order valence-electron chi connectivity index (χ3n) is 4.31. The monoisotopic (exact) mass is 420 g/mol. The summed E-state index contributed by atoms with van der Waals surface area (Å²) in [7, 11) is 0. The zero-order chi connectivity index (χ0) is 21.3. The van der Waals surface area contributed by atoms with Crippen LogP contribution in [0.15, 0.2) is 81.9 Å². The Bertz CT molecular complexity index is 1010. The Morgan fingerprint density at radius 3 is 2.27 bits per heavy atom. The second-order valence-electron chi connectivity index (χ2n) is 6.81. The number of hydrogen-bond donors (Lipinski definition) is 2. The van der Waals surface area contributed by atoms with E-state index in [2.05, 4.69) is 34.9 Å². The predicted molar refractivity (Wildman–Crippen MR) is 120 cm³/mol. The molecule has 6 heteroatoms. The van der Waals surface area contributed by atoms with E-state index in [1.807, 2.05) is 26.0 Å². The van der Waals surface area contributed by atoms with Gasteiger partial charge in [0.2, 0.25) is 0 Å². The van der Waals surface area contributed by atoms with Crippen LogP contribution >= 0.6 is 11.8 Å². The summed E-state index contributed by atoms with van der Waals surface area (Å²) in [5.41, 5.74) is 2.89. The van der Waals surface area contributed by atoms with Crippen LogP contribution in [-0.4, -0.2) is 24.1 Å². The number of amides is 2. The van der Waals surface area contributed by atoms with Crippen LogP contribution in [0.5, 0.6) is 0 Å². The van der Waals surface area contributed by atoms with E-state index in [0.29, 0.717) is 17.9 Å². The lowest BCUT2D eigenvalue weighted by atomic mass is 10.1. The first-order valence-electron chi connectivity index (χ1n) is 9.62. The molecule has 0 bridgehead atoms. The molecule has 0 aliphatic rings. The number of nitrogens with one attached hydrogen (secondary N) is 2. The van der Waals surface area contributed by atoms with Crippen molar-refractivity contribution in [3.63, 3.8) is 0 Å². The van der Waals surface area contributed by atoms with Crippen molar-refractivity contribution in [2.75, 3.05) is 12.3 Å². The summed E-state index contributed by atoms with van der Waals surface area (Å²) >= 11 is 1.66. The molecule has 0 fully saturated rings. The molecule has 2 amide bonds. The van der Waals surface area contributed by atoms with Crippen molar-refractivity contribution in [1.29, 1.82) is 0 Å². The maximum atomic E-state index is 12.7. The number of carbonyl (C=O) groups is 2. The van der Waals surface area contributed by atoms with Crippen LogP contribution in [0, 0.1) is 13.8 Å². The lowest BCUT2D eigenvalue weighted by Crippen LogP contribution is -2.35. The number of thioether (sulfide) groups is 1. The van der Waals surface area contributed by atoms with Gasteiger partial charge >= 0.3 is 0 Å². The van der Waals surface area contributed by atoms with Crippen molar-refractivity contribution >= 4 is 29.7 Å². The number of carbonyl (C=O) groups excluding carboxylic acids is 2. The third kappa shape index (κ3) is 6.39. The van der Waals surface area contributed by atoms with E-state index in [1.54, 1.807) is 36.0 Å². The molecule has 1 aromatic heterocycles. The molecule has 2 N–H and O–H groups in total. The van der Waals surface area contributed by atoms with E-state index in [0.717, 1.165) is 16.2 Å². The van der Waals surface area contributed by atoms with Gasteiger partial charge in [0, 0.05) is 28.8 Å². The van der Waals surface area contributed by atoms with E-state index < -0.39 is 0 Å². The zero-order valence-corrected chi connectivity index (χ0v) is 17.8. The van der Waals surface area contributed by atoms with Gasteiger partial charge in [-0.25, -0.2) is 0 Å². The van der Waals surface area contributed by atoms with Gasteiger partial charge in [0.05, 0.1) is 6.26 Å². The highest BCUT2D eigenvalue weighted by Crippen LogP contribution is 2.17. The largest absolute Gasteiger partial charge is 0.465 e. The second-order valence-corrected chi connectivity index (χ2v) is 7.98. The lowest BCUT2D eigenvalue weighted by molar-refractivity contribution is -0.117. The van der Waals surface area contributed by atoms with Gasteiger partial charge < -0.3 is 15.1 Å². The maximum Gasteiger partial charge on any atom is 0.267 e. The van der Waals surface area contributed by atoms with Crippen molar-refractivity contribution in [2.24, 2.45) is 0 Å². The first kappa shape index (κ1) is 21.5. The fourth-order valence-electron chi connectivity index (χ4n) is 2.64. The Balaban J connectivity index is 1.61. The number of benzene rings is 2. The highest BCUT2D eigenvalue weighted by molar-refractivity contribution is 7.99. The van der Waals surface area contributed by atoms with Gasteiger partial charge in [0.1, 0.15) is 11.5 Å². The predicted octanol–water partition coefficient (Wildman–Crippen LogP) is 4.58. The molecule has 0 unspecified atom stereocenters. The number of furan rings is 1. The lowest BCUT2D eigenvalue weighted by Gasteiger charge is -2.11. The normalized spacial score (nSPS) is 11.2. The molecule has 154 valence electrons. The van der Waals surface area contributed by atoms with Crippen molar-refractivity contribution < 1.29 is 14.0 Å². The molecule has 1 heterocycles. The maximum absolute atomic E-state index is 12.7. The van der Waals surface area contributed by atoms with Gasteiger partial charge in [0.15, 0.2) is 0 Å². The fourth-order valence-corrected chi connectivity index (χ4v) is 3.40. The topological polar surface area (TPSA) is 71.3 Å². The average molecular weight is 421 g/mol. The van der Waals surface area contributed by atoms with Gasteiger partial charge in [-0.15, -0.1) is 11.8 Å². The highest BCUT2D eigenvalue weighted by Gasteiger charge is 2.15. The molecule has 0 spiro atoms. The summed E-state index contributed by atoms with van der Waals surface area (Å²) in [4.78, 5) is 26.4. The Hall–Kier alpha value is -3.25. The van der Waals surface area contributed by atoms with Crippen LogP contribution in [0.4, 0.5) is 0 Å². The SMILES string of the molecule is Cc1ccc(SCCNC(=O)/C(=C/c2ccco2)NC(=O)c2ccc(C)cc2)cc1. The van der Waals surface area contributed by atoms with Crippen LogP contribution in [0.1, 0.15) is 27.2 Å². The molecular formula is C24H24N2O3S. The van der Waals surface area contributed by atoms with Crippen molar-refractivity contribution in [2.45, 2.75) is 18.7 Å². The molecule has 0 saturated heterocycles. The van der Waals surface area contributed by atoms with Crippen molar-refractivity contribution in [1.82, 2.24) is 10.6 Å². The minimum atomic E-state index is -0.364. The van der Waals surface area contributed by atoms with E-state index in [-0.39, 0.29) is 17.5 Å². The van der Waals surface area contributed by atoms with Crippen LogP contribution < -0.4 is 10.6 Å². The van der Waals surface area contributed by atoms with Crippen LogP contribution in [0.25, 0.3) is 6.08 Å². The van der Waals surface area contributed by atoms with Gasteiger partial charge in [-0.2, -0.15) is 0 Å². The van der Waals surface area contributed by atoms with E-state index in [4.69, 9.17) is 4.42 Å². The molecule has 30 heavy (non-hydrogen) atoms. The molecule has 3 rings (SSSR count). The van der Waals surface area contributed by atoms with Gasteiger partial charge in [-0.05, 0) is 50.2 Å². The fraction of sp³-hybridized carbons (Fsp3) is 0.167. The quantitative estimate of drug-likeness (QED) is 0.318. The third-order valence-corrected chi connectivity index (χ3v) is 5.33. The van der Waals surface area contributed by atoms with Crippen LogP contribution in [0.2, 0.25) is 0 Å². The van der Waals surface area contributed by atoms with Gasteiger partial charge in [-0.3, -0.25) is 9.59 Å². The minimum absolute atomic E-state index is 0.135. The standard InChI is InChI=1S/C24H24N2O3S/c1-17-5-9-19(10-6-17)23(27)26-22(16-20-4-3-14-29-20)24(28)25-13-15-30-21-11-7-18(2)8-12-21/h3-12,14,16H,13,15H2,1-2H3,(H,25,28)(H,26,27)/b22-16-. The molecule has 0 atom stereocenters. The summed E-state index contributed by atoms with van der Waals surface area (Å²) < 4.78 is 5.30. The van der Waals surface area contributed by atoms with Crippen LogP contribution in [0.3, 0.4) is 0 Å². The average Bonchev–Trinajstić information content (AvgIpc) is 3.25. The molecule has 3 aromatic rings. The summed E-state index contributed by atoms with van der Waals surface area (Å²) in [6.45, 7) is 4.46. The number of hydrogen-bond acceptors (Lipinski definition) is 4. The minimum Gasteiger partial charge on any atom is -0.465 e. The first-order valence-corrected chi connectivity index (χ1v) is 10.6. The molecule has 0 radical (unpaired) electrons. The van der Waals surface area contributed by atoms with E-state index >= 15 is 0 Å². The zero-order valence-electron chi connectivity index (χ0n) is 17.0. The van der Waals surface area contributed by atoms with Crippen molar-refractivity contribution in [3.05, 3.63) is 95.1 Å². The molecule has 5 nitrogen and oxygen atoms in total. The van der Waals surface area contributed by atoms with E-state index in [1.165, 1.54) is 17.9 Å². The number of rotatable bonds is 8. The summed E-state index contributed by atoms with van der Waals surface area (Å²) in [6.07, 6.45) is 3.04. The molecular weight excluding hydrogens is 396 g/mol. The Kier molecular flexibility index (Phi) is 7.51. The summed E-state index contributed by atoms with van der Waals surface area (Å²) in [6, 6.07) is 18.9. The highest BCUT2D eigenvalue weighted by atomic mass is 32.2.